The number of nitrogens with one attached hydrogen (secondary N) is 1. The van der Waals surface area contributed by atoms with Crippen molar-refractivity contribution in [2.75, 3.05) is 16.8 Å². The normalized spacial score (nSPS) is 18.2. The van der Waals surface area contributed by atoms with Crippen LogP contribution in [0.15, 0.2) is 36.5 Å². The molecule has 1 unspecified atom stereocenters. The van der Waals surface area contributed by atoms with E-state index in [4.69, 9.17) is 0 Å². The molecule has 0 amide bonds. The third-order valence-corrected chi connectivity index (χ3v) is 4.48. The Balaban J connectivity index is 1.75. The molecule has 3 rings (SSSR count). The molecule has 1 aromatic carbocycles. The van der Waals surface area contributed by atoms with Gasteiger partial charge in [-0.3, -0.25) is 0 Å². The van der Waals surface area contributed by atoms with Gasteiger partial charge in [-0.05, 0) is 56.0 Å². The van der Waals surface area contributed by atoms with Gasteiger partial charge in [0.1, 0.15) is 5.82 Å². The van der Waals surface area contributed by atoms with Crippen molar-refractivity contribution >= 4 is 17.5 Å². The van der Waals surface area contributed by atoms with Gasteiger partial charge in [-0.2, -0.15) is 18.2 Å². The van der Waals surface area contributed by atoms with Crippen LogP contribution >= 0.6 is 0 Å². The van der Waals surface area contributed by atoms with Crippen LogP contribution in [0.4, 0.5) is 30.6 Å². The van der Waals surface area contributed by atoms with E-state index in [1.165, 1.54) is 18.6 Å². The molecule has 4 nitrogen and oxygen atoms in total. The highest BCUT2D eigenvalue weighted by molar-refractivity contribution is 5.57. The van der Waals surface area contributed by atoms with Gasteiger partial charge in [0.25, 0.3) is 0 Å². The summed E-state index contributed by atoms with van der Waals surface area (Å²) in [5.41, 5.74) is -0.108. The van der Waals surface area contributed by atoms with Crippen LogP contribution < -0.4 is 10.2 Å². The lowest BCUT2D eigenvalue weighted by molar-refractivity contribution is -0.137. The van der Waals surface area contributed by atoms with Crippen molar-refractivity contribution in [2.24, 2.45) is 0 Å². The summed E-state index contributed by atoms with van der Waals surface area (Å²) in [5, 5.41) is 3.05. The van der Waals surface area contributed by atoms with Gasteiger partial charge < -0.3 is 10.2 Å². The highest BCUT2D eigenvalue weighted by Crippen LogP contribution is 2.30. The van der Waals surface area contributed by atoms with E-state index in [2.05, 4.69) is 27.1 Å². The predicted molar refractivity (Wildman–Crippen MR) is 92.0 cm³/mol. The molecule has 1 aliphatic heterocycles. The Kier molecular flexibility index (Phi) is 5.11. The molecule has 0 spiro atoms. The van der Waals surface area contributed by atoms with E-state index in [0.717, 1.165) is 37.9 Å². The summed E-state index contributed by atoms with van der Waals surface area (Å²) in [5.74, 6) is 1.24. The highest BCUT2D eigenvalue weighted by atomic mass is 19.4. The second-order valence-corrected chi connectivity index (χ2v) is 6.19. The zero-order chi connectivity index (χ0) is 17.9. The third kappa shape index (κ3) is 4.21. The Labute approximate surface area is 145 Å². The fourth-order valence-electron chi connectivity index (χ4n) is 3.14. The monoisotopic (exact) mass is 350 g/mol. The molecule has 0 aliphatic carbocycles. The molecular formula is C18H21F3N4. The molecule has 1 atom stereocenters. The molecule has 1 aromatic heterocycles. The summed E-state index contributed by atoms with van der Waals surface area (Å²) < 4.78 is 37.9. The SMILES string of the molecule is CCC1CCCCN1c1nccc(Nc2ccc(C(F)(F)F)cc2)n1. The van der Waals surface area contributed by atoms with Crippen molar-refractivity contribution in [1.82, 2.24) is 9.97 Å². The number of hydrogen-bond acceptors (Lipinski definition) is 4. The zero-order valence-electron chi connectivity index (χ0n) is 14.1. The van der Waals surface area contributed by atoms with Crippen LogP contribution in [0.3, 0.4) is 0 Å². The van der Waals surface area contributed by atoms with Crippen molar-refractivity contribution in [3.63, 3.8) is 0 Å². The van der Waals surface area contributed by atoms with E-state index in [0.29, 0.717) is 23.5 Å². The highest BCUT2D eigenvalue weighted by Gasteiger charge is 2.30. The average molecular weight is 350 g/mol. The van der Waals surface area contributed by atoms with Gasteiger partial charge in [0, 0.05) is 24.5 Å². The molecule has 1 saturated heterocycles. The van der Waals surface area contributed by atoms with Gasteiger partial charge >= 0.3 is 6.18 Å². The number of anilines is 3. The van der Waals surface area contributed by atoms with E-state index < -0.39 is 11.7 Å². The smallest absolute Gasteiger partial charge is 0.340 e. The van der Waals surface area contributed by atoms with Crippen molar-refractivity contribution in [1.29, 1.82) is 0 Å². The zero-order valence-corrected chi connectivity index (χ0v) is 14.1. The summed E-state index contributed by atoms with van der Waals surface area (Å²) in [6.45, 7) is 3.09. The van der Waals surface area contributed by atoms with Crippen LogP contribution in [0.25, 0.3) is 0 Å². The molecule has 1 aliphatic rings. The van der Waals surface area contributed by atoms with Crippen LogP contribution in [0.1, 0.15) is 38.2 Å². The Morgan fingerprint density at radius 2 is 1.92 bits per heavy atom. The van der Waals surface area contributed by atoms with E-state index >= 15 is 0 Å². The topological polar surface area (TPSA) is 41.1 Å². The van der Waals surface area contributed by atoms with Gasteiger partial charge in [-0.25, -0.2) is 4.98 Å². The Hall–Kier alpha value is -2.31. The number of piperidine rings is 1. The van der Waals surface area contributed by atoms with Crippen molar-refractivity contribution < 1.29 is 13.2 Å². The largest absolute Gasteiger partial charge is 0.416 e. The van der Waals surface area contributed by atoms with Gasteiger partial charge in [0.2, 0.25) is 5.95 Å². The van der Waals surface area contributed by atoms with Crippen LogP contribution in [0, 0.1) is 0 Å². The molecule has 0 radical (unpaired) electrons. The molecule has 1 N–H and O–H groups in total. The molecular weight excluding hydrogens is 329 g/mol. The van der Waals surface area contributed by atoms with Crippen molar-refractivity contribution in [3.05, 3.63) is 42.1 Å². The predicted octanol–water partition coefficient (Wildman–Crippen LogP) is 5.01. The lowest BCUT2D eigenvalue weighted by Crippen LogP contribution is -2.40. The minimum absolute atomic E-state index is 0.440. The molecule has 1 fully saturated rings. The van der Waals surface area contributed by atoms with E-state index in [1.807, 2.05) is 0 Å². The maximum Gasteiger partial charge on any atom is 0.416 e. The summed E-state index contributed by atoms with van der Waals surface area (Å²) >= 11 is 0. The van der Waals surface area contributed by atoms with Crippen LogP contribution in [-0.4, -0.2) is 22.6 Å². The molecule has 134 valence electrons. The summed E-state index contributed by atoms with van der Waals surface area (Å²) in [6.07, 6.45) is 1.87. The van der Waals surface area contributed by atoms with E-state index in [-0.39, 0.29) is 0 Å². The Bertz CT molecular complexity index is 700. The number of aromatic nitrogens is 2. The second-order valence-electron chi connectivity index (χ2n) is 6.19. The molecule has 2 heterocycles. The van der Waals surface area contributed by atoms with Gasteiger partial charge in [0.15, 0.2) is 0 Å². The van der Waals surface area contributed by atoms with Gasteiger partial charge in [-0.15, -0.1) is 0 Å². The standard InChI is InChI=1S/C18H21F3N4/c1-2-15-5-3-4-12-25(15)17-22-11-10-16(24-17)23-14-8-6-13(7-9-14)18(19,20)21/h6-11,15H,2-5,12H2,1H3,(H,22,23,24). The fraction of sp³-hybridized carbons (Fsp3) is 0.444. The average Bonchev–Trinajstić information content (AvgIpc) is 2.61. The lowest BCUT2D eigenvalue weighted by atomic mass is 10.0. The number of alkyl halides is 3. The van der Waals surface area contributed by atoms with Gasteiger partial charge in [0.05, 0.1) is 5.56 Å². The first-order valence-electron chi connectivity index (χ1n) is 8.51. The summed E-state index contributed by atoms with van der Waals surface area (Å²) in [4.78, 5) is 11.1. The number of rotatable bonds is 4. The molecule has 25 heavy (non-hydrogen) atoms. The first-order valence-corrected chi connectivity index (χ1v) is 8.51. The molecule has 7 heteroatoms. The molecule has 0 saturated carbocycles. The maximum absolute atomic E-state index is 12.6. The number of benzene rings is 1. The maximum atomic E-state index is 12.6. The summed E-state index contributed by atoms with van der Waals surface area (Å²) in [6, 6.07) is 7.08. The van der Waals surface area contributed by atoms with Crippen LogP contribution in [0.5, 0.6) is 0 Å². The number of halogens is 3. The van der Waals surface area contributed by atoms with Crippen LogP contribution in [-0.2, 0) is 6.18 Å². The second kappa shape index (κ2) is 7.29. The Morgan fingerprint density at radius 3 is 2.60 bits per heavy atom. The van der Waals surface area contributed by atoms with Gasteiger partial charge in [-0.1, -0.05) is 6.92 Å². The quantitative estimate of drug-likeness (QED) is 0.842. The minimum Gasteiger partial charge on any atom is -0.340 e. The lowest BCUT2D eigenvalue weighted by Gasteiger charge is -2.35. The van der Waals surface area contributed by atoms with Crippen molar-refractivity contribution in [2.45, 2.75) is 44.8 Å². The summed E-state index contributed by atoms with van der Waals surface area (Å²) in [7, 11) is 0. The molecule has 0 bridgehead atoms. The minimum atomic E-state index is -4.33. The fourth-order valence-corrected chi connectivity index (χ4v) is 3.14. The number of hydrogen-bond donors (Lipinski definition) is 1. The number of nitrogens with zero attached hydrogens (tertiary/aromatic N) is 3. The van der Waals surface area contributed by atoms with E-state index in [1.54, 1.807) is 12.3 Å². The van der Waals surface area contributed by atoms with Crippen LogP contribution in [0.2, 0.25) is 0 Å². The Morgan fingerprint density at radius 1 is 1.16 bits per heavy atom. The first-order chi connectivity index (χ1) is 12.0. The molecule has 2 aromatic rings. The third-order valence-electron chi connectivity index (χ3n) is 4.48. The van der Waals surface area contributed by atoms with E-state index in [9.17, 15) is 13.2 Å². The van der Waals surface area contributed by atoms with Crippen molar-refractivity contribution in [3.8, 4) is 0 Å². The first kappa shape index (κ1) is 17.5.